The van der Waals surface area contributed by atoms with Crippen LogP contribution in [0, 0.1) is 5.82 Å². The summed E-state index contributed by atoms with van der Waals surface area (Å²) in [5, 5.41) is 0. The van der Waals surface area contributed by atoms with Crippen LogP contribution in [0.2, 0.25) is 0 Å². The first-order valence-corrected chi connectivity index (χ1v) is 11.0. The Morgan fingerprint density at radius 1 is 1.00 bits per heavy atom. The summed E-state index contributed by atoms with van der Waals surface area (Å²) in [6, 6.07) is 18.9. The van der Waals surface area contributed by atoms with E-state index in [9.17, 15) is 8.60 Å². The summed E-state index contributed by atoms with van der Waals surface area (Å²) in [5.74, 6) is 3.98. The number of thiazole rings is 1. The third kappa shape index (κ3) is 3.67. The first-order valence-electron chi connectivity index (χ1n) is 8.39. The molecule has 0 radical (unpaired) electrons. The Morgan fingerprint density at radius 2 is 1.82 bits per heavy atom. The van der Waals surface area contributed by atoms with Gasteiger partial charge in [0, 0.05) is 22.2 Å². The van der Waals surface area contributed by atoms with E-state index in [1.165, 1.54) is 23.5 Å². The highest BCUT2D eigenvalue weighted by Crippen LogP contribution is 2.38. The average Bonchev–Trinajstić information content (AvgIpc) is 3.18. The van der Waals surface area contributed by atoms with Gasteiger partial charge >= 0.3 is 0 Å². The van der Waals surface area contributed by atoms with Crippen molar-refractivity contribution in [1.29, 1.82) is 0 Å². The first-order chi connectivity index (χ1) is 13.5. The maximum Gasteiger partial charge on any atom is 0.146 e. The molecule has 0 bridgehead atoms. The largest absolute Gasteiger partial charge is 0.293 e. The van der Waals surface area contributed by atoms with E-state index in [1.54, 1.807) is 42.0 Å². The lowest BCUT2D eigenvalue weighted by Crippen LogP contribution is -2.14. The fourth-order valence-corrected chi connectivity index (χ4v) is 4.83. The molecule has 0 aliphatic rings. The lowest BCUT2D eigenvalue weighted by Gasteiger charge is -2.15. The van der Waals surface area contributed by atoms with Crippen molar-refractivity contribution in [3.05, 3.63) is 84.3 Å². The molecule has 0 saturated carbocycles. The molecular formula is C21H16FN3OS2. The van der Waals surface area contributed by atoms with Crippen LogP contribution in [0.3, 0.4) is 0 Å². The van der Waals surface area contributed by atoms with Gasteiger partial charge in [-0.05, 0) is 42.3 Å². The number of nitrogens with one attached hydrogen (secondary N) is 1. The van der Waals surface area contributed by atoms with E-state index < -0.39 is 9.71 Å². The molecule has 2 aromatic heterocycles. The molecule has 0 aliphatic heterocycles. The van der Waals surface area contributed by atoms with Gasteiger partial charge < -0.3 is 0 Å². The Labute approximate surface area is 166 Å². The molecule has 1 atom stereocenters. The normalized spacial score (nSPS) is 13.0. The van der Waals surface area contributed by atoms with Crippen molar-refractivity contribution in [2.75, 3.05) is 4.72 Å². The van der Waals surface area contributed by atoms with Crippen LogP contribution in [0.4, 0.5) is 10.2 Å². The summed E-state index contributed by atoms with van der Waals surface area (Å²) >= 11 is 1.41. The predicted molar refractivity (Wildman–Crippen MR) is 114 cm³/mol. The number of nitrogens with zero attached hydrogens (tertiary/aromatic N) is 2. The van der Waals surface area contributed by atoms with Crippen LogP contribution >= 0.6 is 11.3 Å². The topological polar surface area (TPSA) is 54.9 Å². The van der Waals surface area contributed by atoms with Gasteiger partial charge in [-0.2, -0.15) is 0 Å². The van der Waals surface area contributed by atoms with E-state index in [2.05, 4.69) is 20.6 Å². The Kier molecular flexibility index (Phi) is 4.93. The molecule has 28 heavy (non-hydrogen) atoms. The minimum Gasteiger partial charge on any atom is -0.293 e. The second-order valence-corrected chi connectivity index (χ2v) is 8.91. The summed E-state index contributed by atoms with van der Waals surface area (Å²) in [6.45, 7) is 0. The van der Waals surface area contributed by atoms with Crippen LogP contribution in [0.15, 0.2) is 83.3 Å². The predicted octanol–water partition coefficient (Wildman–Crippen LogP) is 5.11. The molecule has 140 valence electrons. The minimum atomic E-state index is -2.80. The highest BCUT2D eigenvalue weighted by atomic mass is 32.2. The number of benzene rings is 2. The second-order valence-electron chi connectivity index (χ2n) is 6.03. The summed E-state index contributed by atoms with van der Waals surface area (Å²) in [5.41, 5.74) is 3.75. The first kappa shape index (κ1) is 18.3. The standard InChI is InChI=1S/C21H16FN3OS2/c1-28(26,17-9-3-2-4-10-17)25-21-18(11-6-12-23-21)20-19(24-14-27-20)15-7-5-8-16(22)13-15/h2-14H,1H2,(H,23,25,26). The van der Waals surface area contributed by atoms with Crippen molar-refractivity contribution in [3.63, 3.8) is 0 Å². The van der Waals surface area contributed by atoms with Gasteiger partial charge in [-0.25, -0.2) is 18.6 Å². The molecule has 4 nitrogen and oxygen atoms in total. The van der Waals surface area contributed by atoms with E-state index in [4.69, 9.17) is 0 Å². The van der Waals surface area contributed by atoms with E-state index in [0.29, 0.717) is 22.0 Å². The van der Waals surface area contributed by atoms with Gasteiger partial charge in [0.25, 0.3) is 0 Å². The van der Waals surface area contributed by atoms with E-state index >= 15 is 0 Å². The molecule has 7 heteroatoms. The molecule has 0 fully saturated rings. The average molecular weight is 410 g/mol. The molecule has 1 unspecified atom stereocenters. The zero-order valence-corrected chi connectivity index (χ0v) is 16.3. The summed E-state index contributed by atoms with van der Waals surface area (Å²) in [7, 11) is -2.80. The maximum absolute atomic E-state index is 13.7. The Bertz CT molecular complexity index is 1220. The van der Waals surface area contributed by atoms with Crippen LogP contribution in [0.5, 0.6) is 0 Å². The highest BCUT2D eigenvalue weighted by molar-refractivity contribution is 8.01. The highest BCUT2D eigenvalue weighted by Gasteiger charge is 2.17. The maximum atomic E-state index is 13.7. The zero-order chi connectivity index (χ0) is 19.6. The van der Waals surface area contributed by atoms with Crippen molar-refractivity contribution in [2.24, 2.45) is 0 Å². The summed E-state index contributed by atoms with van der Waals surface area (Å²) < 4.78 is 29.8. The molecule has 0 aliphatic carbocycles. The number of aromatic nitrogens is 2. The van der Waals surface area contributed by atoms with Gasteiger partial charge in [-0.15, -0.1) is 11.3 Å². The zero-order valence-electron chi connectivity index (χ0n) is 14.7. The lowest BCUT2D eigenvalue weighted by atomic mass is 10.1. The van der Waals surface area contributed by atoms with Gasteiger partial charge in [0.05, 0.1) is 25.8 Å². The molecule has 1 N–H and O–H groups in total. The minimum absolute atomic E-state index is 0.328. The Balaban J connectivity index is 1.78. The fourth-order valence-electron chi connectivity index (χ4n) is 2.80. The van der Waals surface area contributed by atoms with Crippen molar-refractivity contribution >= 4 is 32.7 Å². The van der Waals surface area contributed by atoms with E-state index in [0.717, 1.165) is 10.4 Å². The molecule has 4 aromatic rings. The van der Waals surface area contributed by atoms with Crippen LogP contribution in [-0.4, -0.2) is 20.0 Å². The number of hydrogen-bond acceptors (Lipinski definition) is 4. The van der Waals surface area contributed by atoms with Crippen LogP contribution in [-0.2, 0) is 9.71 Å². The molecular weight excluding hydrogens is 393 g/mol. The van der Waals surface area contributed by atoms with E-state index in [-0.39, 0.29) is 5.82 Å². The van der Waals surface area contributed by atoms with E-state index in [1.807, 2.05) is 24.3 Å². The number of halogens is 1. The Hall–Kier alpha value is -3.03. The molecule has 0 amide bonds. The summed E-state index contributed by atoms with van der Waals surface area (Å²) in [4.78, 5) is 10.2. The van der Waals surface area contributed by atoms with Crippen molar-refractivity contribution in [1.82, 2.24) is 9.97 Å². The van der Waals surface area contributed by atoms with Crippen LogP contribution in [0.1, 0.15) is 0 Å². The van der Waals surface area contributed by atoms with Crippen molar-refractivity contribution in [2.45, 2.75) is 4.90 Å². The SMILES string of the molecule is C=S(=O)(Nc1ncccc1-c1scnc1-c1cccc(F)c1)c1ccccc1. The van der Waals surface area contributed by atoms with Crippen LogP contribution in [0.25, 0.3) is 21.7 Å². The van der Waals surface area contributed by atoms with Gasteiger partial charge in [0.1, 0.15) is 11.6 Å². The quantitative estimate of drug-likeness (QED) is 0.466. The lowest BCUT2D eigenvalue weighted by molar-refractivity contribution is 0.628. The third-order valence-electron chi connectivity index (χ3n) is 4.10. The van der Waals surface area contributed by atoms with Crippen molar-refractivity contribution < 1.29 is 8.60 Å². The van der Waals surface area contributed by atoms with Gasteiger partial charge in [0.2, 0.25) is 0 Å². The third-order valence-corrected chi connectivity index (χ3v) is 6.52. The molecule has 0 saturated heterocycles. The van der Waals surface area contributed by atoms with Gasteiger partial charge in [-0.3, -0.25) is 4.72 Å². The number of pyridine rings is 1. The van der Waals surface area contributed by atoms with Gasteiger partial charge in [-0.1, -0.05) is 30.3 Å². The smallest absolute Gasteiger partial charge is 0.146 e. The second kappa shape index (κ2) is 7.53. The summed E-state index contributed by atoms with van der Waals surface area (Å²) in [6.07, 6.45) is 1.62. The number of rotatable bonds is 5. The van der Waals surface area contributed by atoms with Crippen molar-refractivity contribution in [3.8, 4) is 21.7 Å². The molecule has 2 aromatic carbocycles. The van der Waals surface area contributed by atoms with Crippen LogP contribution < -0.4 is 4.72 Å². The molecule has 2 heterocycles. The molecule has 0 spiro atoms. The Morgan fingerprint density at radius 3 is 2.61 bits per heavy atom. The molecule has 4 rings (SSSR count). The van der Waals surface area contributed by atoms with Gasteiger partial charge in [0.15, 0.2) is 0 Å². The fraction of sp³-hybridized carbons (Fsp3) is 0. The number of hydrogen-bond donors (Lipinski definition) is 1. The number of anilines is 1. The monoisotopic (exact) mass is 409 g/mol.